The molecule has 2 rings (SSSR count). The molecule has 0 bridgehead atoms. The molecule has 0 fully saturated rings. The highest BCUT2D eigenvalue weighted by Crippen LogP contribution is 2.34. The summed E-state index contributed by atoms with van der Waals surface area (Å²) >= 11 is 5.34. The van der Waals surface area contributed by atoms with Crippen molar-refractivity contribution in [3.05, 3.63) is 55.4 Å². The lowest BCUT2D eigenvalue weighted by atomic mass is 9.98. The van der Waals surface area contributed by atoms with Crippen LogP contribution in [0, 0.1) is 19.7 Å². The number of halogens is 2. The van der Waals surface area contributed by atoms with Crippen LogP contribution in [0.3, 0.4) is 0 Å². The quantitative estimate of drug-likeness (QED) is 0.761. The van der Waals surface area contributed by atoms with Crippen molar-refractivity contribution in [2.75, 3.05) is 6.54 Å². The van der Waals surface area contributed by atoms with Crippen LogP contribution < -0.4 is 5.32 Å². The third-order valence-corrected chi connectivity index (χ3v) is 4.96. The van der Waals surface area contributed by atoms with E-state index in [4.69, 9.17) is 0 Å². The van der Waals surface area contributed by atoms with E-state index in [0.29, 0.717) is 0 Å². The summed E-state index contributed by atoms with van der Waals surface area (Å²) in [6.07, 6.45) is 1.05. The van der Waals surface area contributed by atoms with E-state index >= 15 is 0 Å². The molecule has 0 spiro atoms. The lowest BCUT2D eigenvalue weighted by Gasteiger charge is -2.21. The number of nitrogens with one attached hydrogen (secondary N) is 1. The molecule has 1 aromatic carbocycles. The molecule has 108 valence electrons. The van der Waals surface area contributed by atoms with Gasteiger partial charge in [0.25, 0.3) is 0 Å². The smallest absolute Gasteiger partial charge is 0.123 e. The Balaban J connectivity index is 2.46. The van der Waals surface area contributed by atoms with Crippen LogP contribution in [0.25, 0.3) is 0 Å². The molecule has 2 aromatic rings. The second-order valence-electron chi connectivity index (χ2n) is 4.92. The molecule has 1 nitrogen and oxygen atoms in total. The molecule has 0 saturated carbocycles. The van der Waals surface area contributed by atoms with E-state index in [-0.39, 0.29) is 11.9 Å². The van der Waals surface area contributed by atoms with Gasteiger partial charge in [0.15, 0.2) is 0 Å². The van der Waals surface area contributed by atoms with Crippen molar-refractivity contribution in [3.63, 3.8) is 0 Å². The Morgan fingerprint density at radius 2 is 2.00 bits per heavy atom. The van der Waals surface area contributed by atoms with Gasteiger partial charge in [-0.3, -0.25) is 0 Å². The summed E-state index contributed by atoms with van der Waals surface area (Å²) in [5.41, 5.74) is 2.20. The molecule has 0 aliphatic rings. The molecule has 1 atom stereocenters. The van der Waals surface area contributed by atoms with Crippen molar-refractivity contribution in [1.82, 2.24) is 5.32 Å². The fourth-order valence-electron chi connectivity index (χ4n) is 2.35. The van der Waals surface area contributed by atoms with Gasteiger partial charge in [0.1, 0.15) is 5.82 Å². The maximum Gasteiger partial charge on any atom is 0.123 e. The molecule has 0 amide bonds. The molecule has 1 heterocycles. The molecular weight excluding hydrogens is 337 g/mol. The van der Waals surface area contributed by atoms with Gasteiger partial charge in [-0.2, -0.15) is 0 Å². The van der Waals surface area contributed by atoms with Crippen molar-refractivity contribution >= 4 is 27.3 Å². The van der Waals surface area contributed by atoms with E-state index in [9.17, 15) is 4.39 Å². The van der Waals surface area contributed by atoms with Gasteiger partial charge in [0.05, 0.1) is 6.04 Å². The summed E-state index contributed by atoms with van der Waals surface area (Å²) in [6, 6.07) is 7.11. The average Bonchev–Trinajstić information content (AvgIpc) is 2.73. The van der Waals surface area contributed by atoms with Crippen LogP contribution in [-0.4, -0.2) is 6.54 Å². The highest BCUT2D eigenvalue weighted by atomic mass is 79.9. The van der Waals surface area contributed by atoms with Crippen molar-refractivity contribution in [1.29, 1.82) is 0 Å². The first-order valence-corrected chi connectivity index (χ1v) is 8.39. The minimum atomic E-state index is -0.198. The van der Waals surface area contributed by atoms with Crippen LogP contribution in [0.2, 0.25) is 0 Å². The molecular formula is C16H19BrFNS. The first-order chi connectivity index (χ1) is 9.52. The third-order valence-electron chi connectivity index (χ3n) is 3.26. The van der Waals surface area contributed by atoms with Gasteiger partial charge in [0, 0.05) is 14.2 Å². The summed E-state index contributed by atoms with van der Waals surface area (Å²) in [5.74, 6) is -0.198. The molecule has 0 saturated heterocycles. The summed E-state index contributed by atoms with van der Waals surface area (Å²) in [7, 11) is 0. The monoisotopic (exact) mass is 355 g/mol. The Bertz CT molecular complexity index is 594. The lowest BCUT2D eigenvalue weighted by molar-refractivity contribution is 0.583. The summed E-state index contributed by atoms with van der Waals surface area (Å²) in [5, 5.41) is 3.53. The Morgan fingerprint density at radius 3 is 2.60 bits per heavy atom. The average molecular weight is 356 g/mol. The zero-order valence-corrected chi connectivity index (χ0v) is 14.4. The Labute approximate surface area is 132 Å². The van der Waals surface area contributed by atoms with Gasteiger partial charge >= 0.3 is 0 Å². The van der Waals surface area contributed by atoms with Crippen LogP contribution >= 0.6 is 27.3 Å². The van der Waals surface area contributed by atoms with Crippen molar-refractivity contribution in [3.8, 4) is 0 Å². The van der Waals surface area contributed by atoms with Crippen LogP contribution in [0.5, 0.6) is 0 Å². The maximum atomic E-state index is 13.6. The van der Waals surface area contributed by atoms with E-state index in [1.807, 2.05) is 0 Å². The Kier molecular flexibility index (Phi) is 5.35. The normalized spacial score (nSPS) is 12.7. The standard InChI is InChI=1S/C16H19BrFNS/c1-4-7-19-16(13-8-10(2)20-11(13)3)14-9-12(18)5-6-15(14)17/h5-6,8-9,16,19H,4,7H2,1-3H3. The molecule has 0 radical (unpaired) electrons. The molecule has 0 aliphatic heterocycles. The van der Waals surface area contributed by atoms with E-state index in [1.54, 1.807) is 23.5 Å². The summed E-state index contributed by atoms with van der Waals surface area (Å²) in [4.78, 5) is 2.57. The largest absolute Gasteiger partial charge is 0.306 e. The zero-order chi connectivity index (χ0) is 14.7. The number of aryl methyl sites for hydroxylation is 2. The second kappa shape index (κ2) is 6.83. The molecule has 4 heteroatoms. The number of hydrogen-bond donors (Lipinski definition) is 1. The van der Waals surface area contributed by atoms with Gasteiger partial charge in [0.2, 0.25) is 0 Å². The molecule has 1 N–H and O–H groups in total. The predicted octanol–water partition coefficient (Wildman–Crippen LogP) is 5.36. The Morgan fingerprint density at radius 1 is 1.25 bits per heavy atom. The number of thiophene rings is 1. The highest BCUT2D eigenvalue weighted by Gasteiger charge is 2.20. The van der Waals surface area contributed by atoms with Crippen LogP contribution in [0.15, 0.2) is 28.7 Å². The van der Waals surface area contributed by atoms with Gasteiger partial charge < -0.3 is 5.32 Å². The van der Waals surface area contributed by atoms with Crippen molar-refractivity contribution < 1.29 is 4.39 Å². The van der Waals surface area contributed by atoms with E-state index < -0.39 is 0 Å². The van der Waals surface area contributed by atoms with Gasteiger partial charge in [-0.05, 0) is 62.2 Å². The van der Waals surface area contributed by atoms with Gasteiger partial charge in [-0.1, -0.05) is 22.9 Å². The molecule has 1 aromatic heterocycles. The fraction of sp³-hybridized carbons (Fsp3) is 0.375. The van der Waals surface area contributed by atoms with Crippen LogP contribution in [0.4, 0.5) is 4.39 Å². The van der Waals surface area contributed by atoms with Gasteiger partial charge in [-0.25, -0.2) is 4.39 Å². The molecule has 1 unspecified atom stereocenters. The number of hydrogen-bond acceptors (Lipinski definition) is 2. The maximum absolute atomic E-state index is 13.6. The number of benzene rings is 1. The van der Waals surface area contributed by atoms with E-state index in [2.05, 4.69) is 48.1 Å². The van der Waals surface area contributed by atoms with Crippen LogP contribution in [-0.2, 0) is 0 Å². The van der Waals surface area contributed by atoms with Gasteiger partial charge in [-0.15, -0.1) is 11.3 Å². The molecule has 20 heavy (non-hydrogen) atoms. The van der Waals surface area contributed by atoms with E-state index in [1.165, 1.54) is 21.4 Å². The first-order valence-electron chi connectivity index (χ1n) is 6.78. The molecule has 0 aliphatic carbocycles. The summed E-state index contributed by atoms with van der Waals surface area (Å²) < 4.78 is 14.5. The topological polar surface area (TPSA) is 12.0 Å². The minimum Gasteiger partial charge on any atom is -0.306 e. The SMILES string of the molecule is CCCNC(c1cc(F)ccc1Br)c1cc(C)sc1C. The van der Waals surface area contributed by atoms with Crippen molar-refractivity contribution in [2.24, 2.45) is 0 Å². The van der Waals surface area contributed by atoms with Crippen molar-refractivity contribution in [2.45, 2.75) is 33.2 Å². The lowest BCUT2D eigenvalue weighted by Crippen LogP contribution is -2.23. The minimum absolute atomic E-state index is 0.0324. The second-order valence-corrected chi connectivity index (χ2v) is 7.24. The summed E-state index contributed by atoms with van der Waals surface area (Å²) in [6.45, 7) is 7.28. The fourth-order valence-corrected chi connectivity index (χ4v) is 3.79. The number of rotatable bonds is 5. The van der Waals surface area contributed by atoms with E-state index in [0.717, 1.165) is 23.0 Å². The predicted molar refractivity (Wildman–Crippen MR) is 88.0 cm³/mol. The zero-order valence-electron chi connectivity index (χ0n) is 12.0. The third kappa shape index (κ3) is 3.48. The highest BCUT2D eigenvalue weighted by molar-refractivity contribution is 9.10. The first kappa shape index (κ1) is 15.7. The van der Waals surface area contributed by atoms with Crippen LogP contribution in [0.1, 0.15) is 40.3 Å². The Hall–Kier alpha value is -0.710.